The number of carbonyl (C=O) groups is 3. The van der Waals surface area contributed by atoms with Crippen molar-refractivity contribution in [2.75, 3.05) is 32.9 Å². The van der Waals surface area contributed by atoms with Crippen LogP contribution in [0.5, 0.6) is 0 Å². The van der Waals surface area contributed by atoms with Crippen molar-refractivity contribution >= 4 is 18.0 Å². The molecule has 0 fully saturated rings. The van der Waals surface area contributed by atoms with E-state index in [2.05, 4.69) is 34.9 Å². The molecule has 2 amide bonds. The van der Waals surface area contributed by atoms with Crippen LogP contribution >= 0.6 is 0 Å². The highest BCUT2D eigenvalue weighted by Crippen LogP contribution is 2.44. The number of amides is 2. The number of rotatable bonds is 14. The van der Waals surface area contributed by atoms with E-state index in [4.69, 9.17) is 14.6 Å². The molecule has 2 aromatic rings. The number of carbonyl (C=O) groups excluding carboxylic acids is 2. The van der Waals surface area contributed by atoms with Gasteiger partial charge in [0.2, 0.25) is 5.91 Å². The second kappa shape index (κ2) is 13.5. The van der Waals surface area contributed by atoms with Gasteiger partial charge in [-0.3, -0.25) is 9.59 Å². The summed E-state index contributed by atoms with van der Waals surface area (Å²) in [6, 6.07) is 16.4. The van der Waals surface area contributed by atoms with E-state index in [0.717, 1.165) is 17.5 Å². The van der Waals surface area contributed by atoms with Crippen molar-refractivity contribution < 1.29 is 29.0 Å². The fourth-order valence-corrected chi connectivity index (χ4v) is 4.20. The van der Waals surface area contributed by atoms with E-state index in [-0.39, 0.29) is 50.4 Å². The molecular formula is C27H34N2O6. The van der Waals surface area contributed by atoms with Gasteiger partial charge in [0.05, 0.1) is 13.2 Å². The Balaban J connectivity index is 1.25. The van der Waals surface area contributed by atoms with E-state index in [1.807, 2.05) is 31.2 Å². The fourth-order valence-electron chi connectivity index (χ4n) is 4.20. The van der Waals surface area contributed by atoms with Gasteiger partial charge in [-0.05, 0) is 41.0 Å². The van der Waals surface area contributed by atoms with Gasteiger partial charge in [0.25, 0.3) is 0 Å². The van der Waals surface area contributed by atoms with Gasteiger partial charge in [-0.15, -0.1) is 0 Å². The molecule has 0 aliphatic heterocycles. The van der Waals surface area contributed by atoms with Crippen molar-refractivity contribution in [3.8, 4) is 11.1 Å². The fraction of sp³-hybridized carbons (Fsp3) is 0.444. The molecule has 1 aliphatic rings. The summed E-state index contributed by atoms with van der Waals surface area (Å²) in [7, 11) is 0. The van der Waals surface area contributed by atoms with Crippen molar-refractivity contribution in [2.45, 2.75) is 38.5 Å². The summed E-state index contributed by atoms with van der Waals surface area (Å²) in [5.74, 6) is -0.652. The number of ether oxygens (including phenoxy) is 2. The van der Waals surface area contributed by atoms with E-state index >= 15 is 0 Å². The number of aliphatic carboxylic acids is 1. The molecule has 1 unspecified atom stereocenters. The van der Waals surface area contributed by atoms with E-state index in [9.17, 15) is 14.4 Å². The minimum Gasteiger partial charge on any atom is -0.481 e. The molecule has 0 aromatic heterocycles. The lowest BCUT2D eigenvalue weighted by Crippen LogP contribution is -2.30. The Bertz CT molecular complexity index is 963. The molecular weight excluding hydrogens is 448 g/mol. The standard InChI is InChI=1S/C27H34N2O6/c1-19(10-11-26(31)32)12-14-28-25(30)13-16-34-17-15-29-27(33)35-18-24-22-8-4-2-6-20(22)21-7-3-5-9-23(21)24/h2-9,19,24H,10-18H2,1H3,(H,28,30)(H,29,33)(H,31,32). The number of benzene rings is 2. The molecule has 3 N–H and O–H groups in total. The van der Waals surface area contributed by atoms with Crippen molar-refractivity contribution in [1.82, 2.24) is 10.6 Å². The van der Waals surface area contributed by atoms with Gasteiger partial charge in [-0.25, -0.2) is 4.79 Å². The average Bonchev–Trinajstić information content (AvgIpc) is 3.17. The number of fused-ring (bicyclic) bond motifs is 3. The van der Waals surface area contributed by atoms with Crippen LogP contribution in [0, 0.1) is 5.92 Å². The molecule has 0 saturated carbocycles. The van der Waals surface area contributed by atoms with Crippen LogP contribution in [0.1, 0.15) is 49.7 Å². The molecule has 8 nitrogen and oxygen atoms in total. The first kappa shape index (κ1) is 26.2. The van der Waals surface area contributed by atoms with Crippen LogP contribution in [-0.4, -0.2) is 56.0 Å². The first-order valence-corrected chi connectivity index (χ1v) is 12.1. The first-order valence-electron chi connectivity index (χ1n) is 12.1. The number of alkyl carbamates (subject to hydrolysis) is 1. The first-order chi connectivity index (χ1) is 17.0. The third kappa shape index (κ3) is 8.10. The van der Waals surface area contributed by atoms with Crippen molar-refractivity contribution in [3.05, 3.63) is 59.7 Å². The molecule has 3 rings (SSSR count). The van der Waals surface area contributed by atoms with Crippen molar-refractivity contribution in [2.24, 2.45) is 5.92 Å². The quantitative estimate of drug-likeness (QED) is 0.352. The summed E-state index contributed by atoms with van der Waals surface area (Å²) in [6.07, 6.45) is 1.22. The Morgan fingerprint density at radius 1 is 0.886 bits per heavy atom. The summed E-state index contributed by atoms with van der Waals surface area (Å²) in [5, 5.41) is 14.2. The van der Waals surface area contributed by atoms with E-state index in [0.29, 0.717) is 19.5 Å². The van der Waals surface area contributed by atoms with E-state index in [1.165, 1.54) is 11.1 Å². The summed E-state index contributed by atoms with van der Waals surface area (Å²) < 4.78 is 10.9. The van der Waals surface area contributed by atoms with Crippen LogP contribution in [0.2, 0.25) is 0 Å². The summed E-state index contributed by atoms with van der Waals surface area (Å²) >= 11 is 0. The molecule has 8 heteroatoms. The van der Waals surface area contributed by atoms with Crippen molar-refractivity contribution in [1.29, 1.82) is 0 Å². The summed E-state index contributed by atoms with van der Waals surface area (Å²) in [4.78, 5) is 34.5. The Labute approximate surface area is 206 Å². The zero-order valence-corrected chi connectivity index (χ0v) is 20.1. The van der Waals surface area contributed by atoms with Crippen LogP contribution in [0.4, 0.5) is 4.79 Å². The molecule has 0 saturated heterocycles. The maximum Gasteiger partial charge on any atom is 0.407 e. The predicted molar refractivity (Wildman–Crippen MR) is 132 cm³/mol. The van der Waals surface area contributed by atoms with Gasteiger partial charge in [-0.1, -0.05) is 55.5 Å². The molecule has 0 spiro atoms. The van der Waals surface area contributed by atoms with Crippen molar-refractivity contribution in [3.63, 3.8) is 0 Å². The highest BCUT2D eigenvalue weighted by Gasteiger charge is 2.28. The Morgan fingerprint density at radius 3 is 2.20 bits per heavy atom. The molecule has 1 atom stereocenters. The van der Waals surface area contributed by atoms with Gasteiger partial charge in [0.1, 0.15) is 6.61 Å². The monoisotopic (exact) mass is 482 g/mol. The van der Waals surface area contributed by atoms with Gasteiger partial charge in [-0.2, -0.15) is 0 Å². The third-order valence-electron chi connectivity index (χ3n) is 6.14. The number of carboxylic acid groups (broad SMARTS) is 1. The SMILES string of the molecule is CC(CCNC(=O)CCOCCNC(=O)OCC1c2ccccc2-c2ccccc21)CCC(=O)O. The smallest absolute Gasteiger partial charge is 0.407 e. The highest BCUT2D eigenvalue weighted by atomic mass is 16.5. The van der Waals surface area contributed by atoms with Crippen LogP contribution < -0.4 is 10.6 Å². The maximum atomic E-state index is 12.1. The van der Waals surface area contributed by atoms with Gasteiger partial charge < -0.3 is 25.2 Å². The lowest BCUT2D eigenvalue weighted by Gasteiger charge is -2.14. The third-order valence-corrected chi connectivity index (χ3v) is 6.14. The molecule has 0 bridgehead atoms. The Kier molecular flexibility index (Phi) is 10.1. The molecule has 2 aromatic carbocycles. The van der Waals surface area contributed by atoms with Gasteiger partial charge in [0, 0.05) is 31.8 Å². The second-order valence-electron chi connectivity index (χ2n) is 8.79. The van der Waals surface area contributed by atoms with Crippen LogP contribution in [0.3, 0.4) is 0 Å². The van der Waals surface area contributed by atoms with Crippen LogP contribution in [0.25, 0.3) is 11.1 Å². The lowest BCUT2D eigenvalue weighted by atomic mass is 9.98. The zero-order chi connectivity index (χ0) is 25.0. The molecule has 35 heavy (non-hydrogen) atoms. The average molecular weight is 483 g/mol. The second-order valence-corrected chi connectivity index (χ2v) is 8.79. The molecule has 1 aliphatic carbocycles. The zero-order valence-electron chi connectivity index (χ0n) is 20.1. The molecule has 0 heterocycles. The summed E-state index contributed by atoms with van der Waals surface area (Å²) in [5.41, 5.74) is 4.69. The normalized spacial score (nSPS) is 12.9. The van der Waals surface area contributed by atoms with Gasteiger partial charge >= 0.3 is 12.1 Å². The largest absolute Gasteiger partial charge is 0.481 e. The van der Waals surface area contributed by atoms with Crippen LogP contribution in [-0.2, 0) is 19.1 Å². The Hall–Kier alpha value is -3.39. The van der Waals surface area contributed by atoms with E-state index < -0.39 is 12.1 Å². The maximum absolute atomic E-state index is 12.1. The lowest BCUT2D eigenvalue weighted by molar-refractivity contribution is -0.137. The predicted octanol–water partition coefficient (Wildman–Crippen LogP) is 3.94. The van der Waals surface area contributed by atoms with Crippen LogP contribution in [0.15, 0.2) is 48.5 Å². The number of hydrogen-bond donors (Lipinski definition) is 3. The van der Waals surface area contributed by atoms with Gasteiger partial charge in [0.15, 0.2) is 0 Å². The molecule has 0 radical (unpaired) electrons. The highest BCUT2D eigenvalue weighted by molar-refractivity contribution is 5.79. The minimum absolute atomic E-state index is 0.0167. The minimum atomic E-state index is -0.800. The number of hydrogen-bond acceptors (Lipinski definition) is 5. The molecule has 188 valence electrons. The Morgan fingerprint density at radius 2 is 1.54 bits per heavy atom. The number of carboxylic acids is 1. The van der Waals surface area contributed by atoms with E-state index in [1.54, 1.807) is 0 Å². The topological polar surface area (TPSA) is 114 Å². The summed E-state index contributed by atoms with van der Waals surface area (Å²) in [6.45, 7) is 3.58. The number of nitrogens with one attached hydrogen (secondary N) is 2.